The van der Waals surface area contributed by atoms with Gasteiger partial charge in [-0.1, -0.05) is 91.1 Å². The quantitative estimate of drug-likeness (QED) is 0.242. The van der Waals surface area contributed by atoms with E-state index >= 15 is 0 Å². The third kappa shape index (κ3) is 15.2. The Morgan fingerprint density at radius 1 is 0.800 bits per heavy atom. The summed E-state index contributed by atoms with van der Waals surface area (Å²) in [7, 11) is 2.85. The van der Waals surface area contributed by atoms with Crippen LogP contribution < -0.4 is 27.0 Å². The predicted octanol–water partition coefficient (Wildman–Crippen LogP) is 3.51. The van der Waals surface area contributed by atoms with Crippen molar-refractivity contribution in [3.05, 3.63) is 46.5 Å². The maximum atomic E-state index is 14.2. The summed E-state index contributed by atoms with van der Waals surface area (Å²) >= 11 is 6.12. The van der Waals surface area contributed by atoms with E-state index in [4.69, 9.17) is 22.1 Å². The molecule has 0 fully saturated rings. The molecule has 60 heavy (non-hydrogen) atoms. The largest absolute Gasteiger partial charge is 0.449 e. The summed E-state index contributed by atoms with van der Waals surface area (Å²) in [6.45, 7) is 17.5. The molecular weight excluding hydrogens is 790 g/mol. The second-order valence-electron chi connectivity index (χ2n) is 17.0. The lowest BCUT2D eigenvalue weighted by atomic mass is 9.83. The Kier molecular flexibility index (Phi) is 20.7. The lowest BCUT2D eigenvalue weighted by Gasteiger charge is -2.34. The highest BCUT2D eigenvalue weighted by atomic mass is 35.5. The van der Waals surface area contributed by atoms with Crippen molar-refractivity contribution in [1.29, 1.82) is 0 Å². The monoisotopic (exact) mass is 859 g/mol. The Labute approximate surface area is 361 Å². The van der Waals surface area contributed by atoms with Crippen LogP contribution in [0.15, 0.2) is 35.9 Å². The van der Waals surface area contributed by atoms with Gasteiger partial charge in [0.15, 0.2) is 6.10 Å². The van der Waals surface area contributed by atoms with E-state index < -0.39 is 84.3 Å². The first-order valence-electron chi connectivity index (χ1n) is 21.1. The van der Waals surface area contributed by atoms with Crippen LogP contribution in [-0.4, -0.2) is 114 Å². The number of nitrogens with zero attached hydrogens (tertiary/aromatic N) is 2. The van der Waals surface area contributed by atoms with E-state index in [1.807, 2.05) is 41.5 Å². The minimum Gasteiger partial charge on any atom is -0.449 e. The minimum absolute atomic E-state index is 0.00166. The molecule has 1 heterocycles. The number of benzene rings is 1. The second-order valence-corrected chi connectivity index (χ2v) is 17.4. The number of hydrogen-bond acceptors (Lipinski definition) is 9. The summed E-state index contributed by atoms with van der Waals surface area (Å²) in [5.41, 5.74) is 7.58. The highest BCUT2D eigenvalue weighted by Crippen LogP contribution is 2.22. The molecule has 0 saturated carbocycles. The third-order valence-corrected chi connectivity index (χ3v) is 11.8. The topological polar surface area (TPSA) is 209 Å². The molecule has 0 aliphatic carbocycles. The van der Waals surface area contributed by atoms with Crippen molar-refractivity contribution >= 4 is 53.0 Å². The normalized spacial score (nSPS) is 28.8. The zero-order valence-electron chi connectivity index (χ0n) is 37.6. The van der Waals surface area contributed by atoms with Crippen molar-refractivity contribution < 1.29 is 38.3 Å². The fourth-order valence-electron chi connectivity index (χ4n) is 6.97. The molecule has 1 aliphatic heterocycles. The number of nitrogens with two attached hydrogens (primary N) is 1. The molecule has 0 aromatic heterocycles. The van der Waals surface area contributed by atoms with Crippen molar-refractivity contribution in [2.45, 2.75) is 144 Å². The fraction of sp³-hybridized carbons (Fsp3) is 0.659. The molecule has 6 N–H and O–H groups in total. The Balaban J connectivity index is 2.62. The molecule has 1 aromatic carbocycles. The van der Waals surface area contributed by atoms with E-state index in [-0.39, 0.29) is 54.5 Å². The molecule has 1 aliphatic rings. The first kappa shape index (κ1) is 51.6. The Bertz CT molecular complexity index is 1690. The molecule has 0 saturated heterocycles. The van der Waals surface area contributed by atoms with Crippen LogP contribution in [0, 0.1) is 23.7 Å². The number of halogens is 1. The maximum absolute atomic E-state index is 14.2. The van der Waals surface area contributed by atoms with Gasteiger partial charge in [0.1, 0.15) is 24.2 Å². The Hall–Kier alpha value is -4.50. The van der Waals surface area contributed by atoms with Crippen molar-refractivity contribution in [2.24, 2.45) is 29.4 Å². The number of ether oxygens (including phenoxy) is 1. The van der Waals surface area contributed by atoms with Gasteiger partial charge < -0.3 is 41.5 Å². The van der Waals surface area contributed by atoms with Crippen LogP contribution in [0.4, 0.5) is 0 Å². The van der Waals surface area contributed by atoms with Gasteiger partial charge in [-0.3, -0.25) is 28.8 Å². The molecular formula is C44H70ClN7O8. The molecule has 0 bridgehead atoms. The van der Waals surface area contributed by atoms with Crippen LogP contribution in [0.2, 0.25) is 5.02 Å². The van der Waals surface area contributed by atoms with Crippen molar-refractivity contribution in [3.63, 3.8) is 0 Å². The number of rotatable bonds is 8. The number of nitrogens with one attached hydrogen (secondary N) is 4. The van der Waals surface area contributed by atoms with Crippen LogP contribution >= 0.6 is 11.6 Å². The summed E-state index contributed by atoms with van der Waals surface area (Å²) in [5, 5.41) is 11.8. The number of carbonyl (C=O) groups is 7. The van der Waals surface area contributed by atoms with Crippen LogP contribution in [0.25, 0.3) is 0 Å². The average molecular weight is 861 g/mol. The van der Waals surface area contributed by atoms with Gasteiger partial charge in [-0.05, 0) is 75.0 Å². The molecule has 16 heteroatoms. The van der Waals surface area contributed by atoms with Gasteiger partial charge in [0, 0.05) is 43.2 Å². The van der Waals surface area contributed by atoms with Gasteiger partial charge in [0.2, 0.25) is 29.5 Å². The average Bonchev–Trinajstić information content (AvgIpc) is 3.20. The van der Waals surface area contributed by atoms with Gasteiger partial charge in [-0.2, -0.15) is 0 Å². The van der Waals surface area contributed by atoms with E-state index in [0.29, 0.717) is 17.0 Å². The molecule has 0 spiro atoms. The van der Waals surface area contributed by atoms with E-state index in [1.54, 1.807) is 51.1 Å². The minimum atomic E-state index is -1.23. The van der Waals surface area contributed by atoms with Crippen LogP contribution in [0.3, 0.4) is 0 Å². The standard InChI is InChI=1S/C44H70ClN7O8/c1-13-25(5)37-28(8)33(46)20-15-27(7)44(59)60-35(21-24(3)4)40(55)48-30(10)42(57)52(12)34(22-31-16-18-32(45)19-17-31)43(58)51(11)23-36(53)49-38(26(6)14-2)41(56)47-29(9)39(54)50-37/h15-19,24-26,28-30,33-35,37-38H,13-14,20-23,46H2,1-12H3,(H,47,56)(H,48,55)(H,49,53)(H,50,54)/b27-15+/t25-,26?,28-,29+,30-,33-,34+,35+,37+,38?/m0/s1. The lowest BCUT2D eigenvalue weighted by Crippen LogP contribution is -2.59. The number of likely N-dealkylation sites (N-methyl/N-ethyl adjacent to an activating group) is 2. The molecule has 1 aromatic rings. The molecule has 15 nitrogen and oxygen atoms in total. The molecule has 336 valence electrons. The summed E-state index contributed by atoms with van der Waals surface area (Å²) in [6, 6.07) is 1.59. The predicted molar refractivity (Wildman–Crippen MR) is 232 cm³/mol. The van der Waals surface area contributed by atoms with Crippen molar-refractivity contribution in [1.82, 2.24) is 31.1 Å². The summed E-state index contributed by atoms with van der Waals surface area (Å²) < 4.78 is 5.72. The maximum Gasteiger partial charge on any atom is 0.334 e. The first-order valence-corrected chi connectivity index (χ1v) is 21.5. The number of esters is 1. The first-order chi connectivity index (χ1) is 28.0. The number of hydrogen-bond donors (Lipinski definition) is 5. The smallest absolute Gasteiger partial charge is 0.334 e. The van der Waals surface area contributed by atoms with Crippen LogP contribution in [0.1, 0.15) is 100 Å². The van der Waals surface area contributed by atoms with Crippen LogP contribution in [-0.2, 0) is 44.7 Å². The van der Waals surface area contributed by atoms with Gasteiger partial charge in [-0.15, -0.1) is 0 Å². The van der Waals surface area contributed by atoms with Gasteiger partial charge in [-0.25, -0.2) is 4.79 Å². The fourth-order valence-corrected chi connectivity index (χ4v) is 7.10. The Morgan fingerprint density at radius 3 is 1.95 bits per heavy atom. The van der Waals surface area contributed by atoms with Gasteiger partial charge in [0.25, 0.3) is 5.91 Å². The zero-order chi connectivity index (χ0) is 45.6. The van der Waals surface area contributed by atoms with E-state index in [1.165, 1.54) is 30.8 Å². The zero-order valence-corrected chi connectivity index (χ0v) is 38.4. The van der Waals surface area contributed by atoms with Gasteiger partial charge >= 0.3 is 5.97 Å². The SMILES string of the molecule is CCC(C)C1NC(=O)CN(C)C(=O)[C@@H](Cc2ccc(Cl)cc2)N(C)C(=O)[C@H](C)NC(=O)[C@@H](CC(C)C)OC(=O)/C(C)=C/C[C@H](N)[C@H](C)[C@@H]([C@@H](C)CC)NC(=O)[C@@H](C)NC1=O. The molecule has 2 rings (SSSR count). The number of cyclic esters (lactones) is 1. The highest BCUT2D eigenvalue weighted by Gasteiger charge is 2.36. The summed E-state index contributed by atoms with van der Waals surface area (Å²) in [6.07, 6.45) is 2.15. The van der Waals surface area contributed by atoms with Crippen molar-refractivity contribution in [3.8, 4) is 0 Å². The molecule has 2 unspecified atom stereocenters. The Morgan fingerprint density at radius 2 is 1.38 bits per heavy atom. The van der Waals surface area contributed by atoms with E-state index in [0.717, 1.165) is 6.42 Å². The second kappa shape index (κ2) is 24.1. The lowest BCUT2D eigenvalue weighted by molar-refractivity contribution is -0.154. The summed E-state index contributed by atoms with van der Waals surface area (Å²) in [4.78, 5) is 98.5. The number of amides is 6. The van der Waals surface area contributed by atoms with Crippen LogP contribution in [0.5, 0.6) is 0 Å². The van der Waals surface area contributed by atoms with Crippen molar-refractivity contribution in [2.75, 3.05) is 20.6 Å². The third-order valence-electron chi connectivity index (χ3n) is 11.5. The summed E-state index contributed by atoms with van der Waals surface area (Å²) in [5.74, 6) is -4.86. The van der Waals surface area contributed by atoms with Gasteiger partial charge in [0.05, 0.1) is 6.54 Å². The molecule has 10 atom stereocenters. The van der Waals surface area contributed by atoms with E-state index in [2.05, 4.69) is 21.3 Å². The highest BCUT2D eigenvalue weighted by molar-refractivity contribution is 6.30. The number of carbonyl (C=O) groups excluding carboxylic acids is 7. The molecule has 6 amide bonds. The van der Waals surface area contributed by atoms with E-state index in [9.17, 15) is 33.6 Å². The molecule has 0 radical (unpaired) electrons.